The first-order chi connectivity index (χ1) is 5.66. The molecule has 0 aromatic heterocycles. The van der Waals surface area contributed by atoms with Crippen molar-refractivity contribution in [1.82, 2.24) is 5.32 Å². The van der Waals surface area contributed by atoms with Gasteiger partial charge in [0.1, 0.15) is 0 Å². The summed E-state index contributed by atoms with van der Waals surface area (Å²) in [5.74, 6) is -0.191. The van der Waals surface area contributed by atoms with Crippen molar-refractivity contribution in [3.63, 3.8) is 0 Å². The fourth-order valence-corrected chi connectivity index (χ4v) is 1.41. The minimum Gasteiger partial charge on any atom is -0.466 e. The summed E-state index contributed by atoms with van der Waals surface area (Å²) >= 11 is 0. The van der Waals surface area contributed by atoms with E-state index in [-0.39, 0.29) is 11.5 Å². The summed E-state index contributed by atoms with van der Waals surface area (Å²) < 4.78 is 4.82. The van der Waals surface area contributed by atoms with Gasteiger partial charge >= 0.3 is 5.97 Å². The maximum atomic E-state index is 11.1. The second-order valence-electron chi connectivity index (χ2n) is 3.27. The molecular formula is C8H16N2O2. The van der Waals surface area contributed by atoms with Crippen LogP contribution in [0.2, 0.25) is 0 Å². The molecule has 1 aliphatic heterocycles. The highest BCUT2D eigenvalue weighted by atomic mass is 16.5. The molecule has 0 aromatic rings. The van der Waals surface area contributed by atoms with Gasteiger partial charge in [0.2, 0.25) is 0 Å². The van der Waals surface area contributed by atoms with Gasteiger partial charge in [-0.05, 0) is 19.9 Å². The third kappa shape index (κ3) is 2.46. The molecule has 70 valence electrons. The van der Waals surface area contributed by atoms with E-state index in [1.807, 2.05) is 0 Å². The molecule has 1 rings (SSSR count). The van der Waals surface area contributed by atoms with Crippen LogP contribution in [0.15, 0.2) is 0 Å². The molecule has 0 radical (unpaired) electrons. The molecule has 12 heavy (non-hydrogen) atoms. The van der Waals surface area contributed by atoms with Crippen molar-refractivity contribution in [3.8, 4) is 0 Å². The van der Waals surface area contributed by atoms with Crippen LogP contribution in [-0.2, 0) is 9.53 Å². The van der Waals surface area contributed by atoms with Gasteiger partial charge in [0.15, 0.2) is 0 Å². The maximum absolute atomic E-state index is 11.1. The average molecular weight is 172 g/mol. The zero-order valence-corrected chi connectivity index (χ0v) is 7.43. The largest absolute Gasteiger partial charge is 0.466 e. The van der Waals surface area contributed by atoms with Crippen LogP contribution in [-0.4, -0.2) is 31.2 Å². The Morgan fingerprint density at radius 1 is 1.75 bits per heavy atom. The van der Waals surface area contributed by atoms with Gasteiger partial charge in [-0.15, -0.1) is 0 Å². The van der Waals surface area contributed by atoms with Crippen molar-refractivity contribution >= 4 is 5.97 Å². The summed E-state index contributed by atoms with van der Waals surface area (Å²) in [5, 5.41) is 3.13. The molecule has 0 saturated carbocycles. The lowest BCUT2D eigenvalue weighted by molar-refractivity contribution is -0.144. The number of ether oxygens (including phenoxy) is 1. The highest BCUT2D eigenvalue weighted by molar-refractivity contribution is 5.71. The second-order valence-corrected chi connectivity index (χ2v) is 3.27. The average Bonchev–Trinajstić information content (AvgIpc) is 2.36. The molecule has 0 spiro atoms. The van der Waals surface area contributed by atoms with E-state index in [1.54, 1.807) is 6.92 Å². The molecule has 1 saturated heterocycles. The third-order valence-corrected chi connectivity index (χ3v) is 2.08. The molecule has 0 bridgehead atoms. The van der Waals surface area contributed by atoms with E-state index in [2.05, 4.69) is 5.32 Å². The zero-order valence-electron chi connectivity index (χ0n) is 7.43. The van der Waals surface area contributed by atoms with Gasteiger partial charge in [-0.3, -0.25) is 4.79 Å². The summed E-state index contributed by atoms with van der Waals surface area (Å²) in [5.41, 5.74) is 5.56. The first-order valence-electron chi connectivity index (χ1n) is 4.31. The molecule has 0 amide bonds. The van der Waals surface area contributed by atoms with Crippen LogP contribution < -0.4 is 11.1 Å². The highest BCUT2D eigenvalue weighted by Crippen LogP contribution is 2.15. The molecule has 4 nitrogen and oxygen atoms in total. The molecule has 1 unspecified atom stereocenters. The molecule has 3 N–H and O–H groups in total. The number of nitrogens with two attached hydrogens (primary N) is 1. The predicted molar refractivity (Wildman–Crippen MR) is 45.7 cm³/mol. The van der Waals surface area contributed by atoms with Crippen LogP contribution in [0.3, 0.4) is 0 Å². The normalized spacial score (nSPS) is 28.8. The monoisotopic (exact) mass is 172 g/mol. The lowest BCUT2D eigenvalue weighted by Crippen LogP contribution is -2.44. The lowest BCUT2D eigenvalue weighted by atomic mass is 9.96. The van der Waals surface area contributed by atoms with Gasteiger partial charge in [-0.2, -0.15) is 0 Å². The number of nitrogens with one attached hydrogen (secondary N) is 1. The smallest absolute Gasteiger partial charge is 0.307 e. The first kappa shape index (κ1) is 9.48. The van der Waals surface area contributed by atoms with E-state index < -0.39 is 0 Å². The molecule has 0 aromatic carbocycles. The van der Waals surface area contributed by atoms with Gasteiger partial charge in [-0.25, -0.2) is 0 Å². The molecule has 1 fully saturated rings. The third-order valence-electron chi connectivity index (χ3n) is 2.08. The number of carbonyl (C=O) groups is 1. The van der Waals surface area contributed by atoms with Crippen LogP contribution in [0.4, 0.5) is 0 Å². The van der Waals surface area contributed by atoms with Crippen molar-refractivity contribution in [3.05, 3.63) is 0 Å². The Morgan fingerprint density at radius 2 is 2.50 bits per heavy atom. The standard InChI is InChI=1S/C8H16N2O2/c1-2-12-7(11)5-8(9)3-4-10-6-8/h10H,2-6,9H2,1H3. The number of hydrogen-bond acceptors (Lipinski definition) is 4. The van der Waals surface area contributed by atoms with Crippen molar-refractivity contribution in [1.29, 1.82) is 0 Å². The van der Waals surface area contributed by atoms with E-state index in [0.717, 1.165) is 13.0 Å². The van der Waals surface area contributed by atoms with Gasteiger partial charge in [0, 0.05) is 12.1 Å². The first-order valence-corrected chi connectivity index (χ1v) is 4.31. The fourth-order valence-electron chi connectivity index (χ4n) is 1.41. The molecular weight excluding hydrogens is 156 g/mol. The zero-order chi connectivity index (χ0) is 9.03. The predicted octanol–water partition coefficient (Wildman–Crippen LogP) is -0.370. The highest BCUT2D eigenvalue weighted by Gasteiger charge is 2.32. The summed E-state index contributed by atoms with van der Waals surface area (Å²) in [6.07, 6.45) is 1.18. The molecule has 4 heteroatoms. The van der Waals surface area contributed by atoms with Crippen molar-refractivity contribution in [2.75, 3.05) is 19.7 Å². The molecule has 0 aliphatic carbocycles. The van der Waals surface area contributed by atoms with Crippen molar-refractivity contribution in [2.45, 2.75) is 25.3 Å². The van der Waals surface area contributed by atoms with Gasteiger partial charge < -0.3 is 15.8 Å². The van der Waals surface area contributed by atoms with E-state index in [9.17, 15) is 4.79 Å². The quantitative estimate of drug-likeness (QED) is 0.570. The van der Waals surface area contributed by atoms with Crippen LogP contribution in [0.25, 0.3) is 0 Å². The van der Waals surface area contributed by atoms with E-state index in [0.29, 0.717) is 19.6 Å². The van der Waals surface area contributed by atoms with Crippen LogP contribution in [0.5, 0.6) is 0 Å². The van der Waals surface area contributed by atoms with Crippen LogP contribution in [0, 0.1) is 0 Å². The fraction of sp³-hybridized carbons (Fsp3) is 0.875. The summed E-state index contributed by atoms with van der Waals surface area (Å²) in [6.45, 7) is 3.85. The Bertz CT molecular complexity index is 164. The van der Waals surface area contributed by atoms with Crippen LogP contribution in [0.1, 0.15) is 19.8 Å². The van der Waals surface area contributed by atoms with Crippen molar-refractivity contribution in [2.24, 2.45) is 5.73 Å². The van der Waals surface area contributed by atoms with E-state index in [4.69, 9.17) is 10.5 Å². The summed E-state index contributed by atoms with van der Waals surface area (Å²) in [4.78, 5) is 11.1. The molecule has 1 atom stereocenters. The van der Waals surface area contributed by atoms with Gasteiger partial charge in [0.25, 0.3) is 0 Å². The van der Waals surface area contributed by atoms with E-state index >= 15 is 0 Å². The number of hydrogen-bond donors (Lipinski definition) is 2. The van der Waals surface area contributed by atoms with Gasteiger partial charge in [0.05, 0.1) is 13.0 Å². The Kier molecular flexibility index (Phi) is 3.05. The summed E-state index contributed by atoms with van der Waals surface area (Å²) in [7, 11) is 0. The Labute approximate surface area is 72.5 Å². The second kappa shape index (κ2) is 3.87. The summed E-state index contributed by atoms with van der Waals surface area (Å²) in [6, 6.07) is 0. The van der Waals surface area contributed by atoms with Gasteiger partial charge in [-0.1, -0.05) is 0 Å². The number of esters is 1. The maximum Gasteiger partial charge on any atom is 0.307 e. The molecule has 1 heterocycles. The minimum absolute atomic E-state index is 0.191. The van der Waals surface area contributed by atoms with Crippen LogP contribution >= 0.6 is 0 Å². The SMILES string of the molecule is CCOC(=O)CC1(N)CCNC1. The lowest BCUT2D eigenvalue weighted by Gasteiger charge is -2.20. The molecule has 1 aliphatic rings. The Morgan fingerprint density at radius 3 is 3.00 bits per heavy atom. The topological polar surface area (TPSA) is 64.3 Å². The van der Waals surface area contributed by atoms with E-state index in [1.165, 1.54) is 0 Å². The minimum atomic E-state index is -0.369. The Hall–Kier alpha value is -0.610. The van der Waals surface area contributed by atoms with Crippen molar-refractivity contribution < 1.29 is 9.53 Å². The number of rotatable bonds is 3. The number of carbonyl (C=O) groups excluding carboxylic acids is 1. The Balaban J connectivity index is 2.33.